The third-order valence-electron chi connectivity index (χ3n) is 3.90. The first-order chi connectivity index (χ1) is 9.49. The number of likely N-dealkylation sites (tertiary alicyclic amines) is 1. The van der Waals surface area contributed by atoms with Crippen LogP contribution >= 0.6 is 0 Å². The van der Waals surface area contributed by atoms with Crippen LogP contribution in [0.1, 0.15) is 30.9 Å². The molecular weight excluding hydrogens is 276 g/mol. The second-order valence-corrected chi connectivity index (χ2v) is 7.91. The van der Waals surface area contributed by atoms with Gasteiger partial charge in [0.1, 0.15) is 0 Å². The van der Waals surface area contributed by atoms with Crippen LogP contribution in [0.3, 0.4) is 0 Å². The Morgan fingerprint density at radius 1 is 1.50 bits per heavy atom. The molecule has 1 saturated heterocycles. The summed E-state index contributed by atoms with van der Waals surface area (Å²) >= 11 is 0. The largest absolute Gasteiger partial charge is 0.303 e. The van der Waals surface area contributed by atoms with Gasteiger partial charge in [0.05, 0.1) is 5.75 Å². The lowest BCUT2D eigenvalue weighted by Gasteiger charge is -2.32. The van der Waals surface area contributed by atoms with Crippen LogP contribution in [0.2, 0.25) is 0 Å². The molecule has 0 unspecified atom stereocenters. The van der Waals surface area contributed by atoms with Crippen molar-refractivity contribution in [2.75, 3.05) is 39.5 Å². The monoisotopic (exact) mass is 300 g/mol. The first-order valence-electron chi connectivity index (χ1n) is 7.11. The van der Waals surface area contributed by atoms with Crippen molar-refractivity contribution >= 4 is 10.0 Å². The van der Waals surface area contributed by atoms with Crippen LogP contribution < -0.4 is 0 Å². The summed E-state index contributed by atoms with van der Waals surface area (Å²) < 4.78 is 24.7. The standard InChI is InChI=1S/C13H24N4O2S/c1-16(2)20(18,19)10-4-9-17-8-3-5-12(11-17)13-6-7-14-15-13/h6-7,12H,3-5,8-11H2,1-2H3,(H,14,15)/t12-/m1/s1. The average Bonchev–Trinajstić information content (AvgIpc) is 2.92. The zero-order valence-electron chi connectivity index (χ0n) is 12.2. The van der Waals surface area contributed by atoms with E-state index in [0.717, 1.165) is 26.1 Å². The molecule has 2 rings (SSSR count). The molecule has 1 atom stereocenters. The molecule has 1 aromatic rings. The summed E-state index contributed by atoms with van der Waals surface area (Å²) in [6.07, 6.45) is 4.81. The fourth-order valence-corrected chi connectivity index (χ4v) is 3.52. The lowest BCUT2D eigenvalue weighted by Crippen LogP contribution is -2.36. The van der Waals surface area contributed by atoms with Gasteiger partial charge in [-0.2, -0.15) is 5.10 Å². The molecule has 114 valence electrons. The van der Waals surface area contributed by atoms with E-state index in [1.165, 1.54) is 16.4 Å². The molecule has 1 aliphatic rings. The van der Waals surface area contributed by atoms with Crippen molar-refractivity contribution in [3.05, 3.63) is 18.0 Å². The third kappa shape index (κ3) is 4.04. The van der Waals surface area contributed by atoms with E-state index >= 15 is 0 Å². The molecule has 1 fully saturated rings. The smallest absolute Gasteiger partial charge is 0.213 e. The molecule has 0 aliphatic carbocycles. The van der Waals surface area contributed by atoms with Crippen molar-refractivity contribution in [1.29, 1.82) is 0 Å². The number of H-pyrrole nitrogens is 1. The number of aromatic nitrogens is 2. The highest BCUT2D eigenvalue weighted by Gasteiger charge is 2.22. The number of rotatable bonds is 6. The van der Waals surface area contributed by atoms with Crippen molar-refractivity contribution in [2.45, 2.75) is 25.2 Å². The normalized spacial score (nSPS) is 21.4. The van der Waals surface area contributed by atoms with Crippen LogP contribution in [-0.2, 0) is 10.0 Å². The molecule has 0 radical (unpaired) electrons. The van der Waals surface area contributed by atoms with Gasteiger partial charge in [-0.1, -0.05) is 0 Å². The fraction of sp³-hybridized carbons (Fsp3) is 0.769. The van der Waals surface area contributed by atoms with E-state index in [2.05, 4.69) is 15.1 Å². The van der Waals surface area contributed by atoms with E-state index in [0.29, 0.717) is 12.3 Å². The van der Waals surface area contributed by atoms with Gasteiger partial charge in [0, 0.05) is 38.4 Å². The van der Waals surface area contributed by atoms with Crippen LogP contribution in [0.4, 0.5) is 0 Å². The fourth-order valence-electron chi connectivity index (χ4n) is 2.66. The second kappa shape index (κ2) is 6.69. The number of nitrogens with one attached hydrogen (secondary N) is 1. The maximum atomic E-state index is 11.7. The topological polar surface area (TPSA) is 69.3 Å². The highest BCUT2D eigenvalue weighted by molar-refractivity contribution is 7.89. The molecule has 1 aromatic heterocycles. The molecule has 7 heteroatoms. The number of aromatic amines is 1. The summed E-state index contributed by atoms with van der Waals surface area (Å²) in [6.45, 7) is 2.90. The SMILES string of the molecule is CN(C)S(=O)(=O)CCCN1CCC[C@@H](c2ccn[nH]2)C1. The number of nitrogens with zero attached hydrogens (tertiary/aromatic N) is 3. The summed E-state index contributed by atoms with van der Waals surface area (Å²) in [7, 11) is 0.110. The lowest BCUT2D eigenvalue weighted by molar-refractivity contribution is 0.206. The molecule has 20 heavy (non-hydrogen) atoms. The average molecular weight is 300 g/mol. The van der Waals surface area contributed by atoms with Crippen molar-refractivity contribution in [3.8, 4) is 0 Å². The van der Waals surface area contributed by atoms with E-state index in [9.17, 15) is 8.42 Å². The van der Waals surface area contributed by atoms with Crippen LogP contribution in [0.15, 0.2) is 12.3 Å². The Morgan fingerprint density at radius 2 is 2.30 bits per heavy atom. The molecule has 1 N–H and O–H groups in total. The number of piperidine rings is 1. The predicted molar refractivity (Wildman–Crippen MR) is 79.1 cm³/mol. The summed E-state index contributed by atoms with van der Waals surface area (Å²) in [4.78, 5) is 2.36. The van der Waals surface area contributed by atoms with Gasteiger partial charge in [0.2, 0.25) is 10.0 Å². The second-order valence-electron chi connectivity index (χ2n) is 5.60. The Hall–Kier alpha value is -0.920. The zero-order chi connectivity index (χ0) is 14.6. The van der Waals surface area contributed by atoms with E-state index in [1.54, 1.807) is 20.3 Å². The summed E-state index contributed by atoms with van der Waals surface area (Å²) in [5.74, 6) is 0.724. The van der Waals surface area contributed by atoms with Gasteiger partial charge in [-0.3, -0.25) is 5.10 Å². The van der Waals surface area contributed by atoms with E-state index in [1.807, 2.05) is 6.07 Å². The number of hydrogen-bond acceptors (Lipinski definition) is 4. The molecule has 2 heterocycles. The Kier molecular flexibility index (Phi) is 5.17. The highest BCUT2D eigenvalue weighted by Crippen LogP contribution is 2.25. The van der Waals surface area contributed by atoms with Gasteiger partial charge in [0.25, 0.3) is 0 Å². The zero-order valence-corrected chi connectivity index (χ0v) is 13.1. The predicted octanol–water partition coefficient (Wildman–Crippen LogP) is 0.871. The van der Waals surface area contributed by atoms with E-state index < -0.39 is 10.0 Å². The number of hydrogen-bond donors (Lipinski definition) is 1. The molecule has 0 bridgehead atoms. The molecule has 1 aliphatic heterocycles. The summed E-state index contributed by atoms with van der Waals surface area (Å²) in [6, 6.07) is 2.03. The third-order valence-corrected chi connectivity index (χ3v) is 5.82. The Morgan fingerprint density at radius 3 is 2.95 bits per heavy atom. The van der Waals surface area contributed by atoms with Crippen molar-refractivity contribution in [1.82, 2.24) is 19.4 Å². The quantitative estimate of drug-likeness (QED) is 0.846. The highest BCUT2D eigenvalue weighted by atomic mass is 32.2. The Balaban J connectivity index is 1.79. The summed E-state index contributed by atoms with van der Waals surface area (Å²) in [5.41, 5.74) is 1.19. The Bertz CT molecular complexity index is 498. The van der Waals surface area contributed by atoms with Gasteiger partial charge in [-0.15, -0.1) is 0 Å². The minimum absolute atomic E-state index is 0.227. The van der Waals surface area contributed by atoms with Crippen LogP contribution in [0.5, 0.6) is 0 Å². The van der Waals surface area contributed by atoms with Crippen LogP contribution in [0, 0.1) is 0 Å². The maximum absolute atomic E-state index is 11.7. The first-order valence-corrected chi connectivity index (χ1v) is 8.72. The first kappa shape index (κ1) is 15.5. The minimum atomic E-state index is -3.07. The maximum Gasteiger partial charge on any atom is 0.213 e. The van der Waals surface area contributed by atoms with Crippen molar-refractivity contribution < 1.29 is 8.42 Å². The summed E-state index contributed by atoms with van der Waals surface area (Å²) in [5, 5.41) is 7.05. The van der Waals surface area contributed by atoms with Gasteiger partial charge >= 0.3 is 0 Å². The molecule has 0 spiro atoms. The van der Waals surface area contributed by atoms with E-state index in [-0.39, 0.29) is 5.75 Å². The van der Waals surface area contributed by atoms with Gasteiger partial charge in [-0.05, 0) is 38.4 Å². The van der Waals surface area contributed by atoms with E-state index in [4.69, 9.17) is 0 Å². The van der Waals surface area contributed by atoms with Crippen molar-refractivity contribution in [3.63, 3.8) is 0 Å². The molecule has 0 aromatic carbocycles. The Labute approximate surface area is 121 Å². The van der Waals surface area contributed by atoms with Gasteiger partial charge in [-0.25, -0.2) is 12.7 Å². The van der Waals surface area contributed by atoms with Crippen LogP contribution in [0.25, 0.3) is 0 Å². The molecule has 6 nitrogen and oxygen atoms in total. The van der Waals surface area contributed by atoms with Crippen LogP contribution in [-0.4, -0.2) is 67.3 Å². The number of sulfonamides is 1. The van der Waals surface area contributed by atoms with Gasteiger partial charge in [0.15, 0.2) is 0 Å². The molecular formula is C13H24N4O2S. The van der Waals surface area contributed by atoms with Crippen molar-refractivity contribution in [2.24, 2.45) is 0 Å². The lowest BCUT2D eigenvalue weighted by atomic mass is 9.95. The minimum Gasteiger partial charge on any atom is -0.303 e. The molecule has 0 saturated carbocycles. The molecule has 0 amide bonds. The van der Waals surface area contributed by atoms with Gasteiger partial charge < -0.3 is 4.90 Å².